The molecule has 0 spiro atoms. The number of methoxy groups -OCH3 is 1. The number of hydrogen-bond donors (Lipinski definition) is 0. The zero-order chi connectivity index (χ0) is 14.8. The van der Waals surface area contributed by atoms with Crippen molar-refractivity contribution in [2.24, 2.45) is 0 Å². The summed E-state index contributed by atoms with van der Waals surface area (Å²) < 4.78 is 15.3. The molecule has 0 N–H and O–H groups in total. The van der Waals surface area contributed by atoms with Gasteiger partial charge in [-0.3, -0.25) is 4.79 Å². The Morgan fingerprint density at radius 3 is 3.00 bits per heavy atom. The maximum Gasteiger partial charge on any atom is 0.291 e. The van der Waals surface area contributed by atoms with Gasteiger partial charge in [0.15, 0.2) is 12.2 Å². The van der Waals surface area contributed by atoms with Gasteiger partial charge in [-0.05, 0) is 6.92 Å². The van der Waals surface area contributed by atoms with Gasteiger partial charge in [0.1, 0.15) is 0 Å². The largest absolute Gasteiger partial charge is 0.438 e. The van der Waals surface area contributed by atoms with Crippen molar-refractivity contribution in [1.29, 1.82) is 0 Å². The summed E-state index contributed by atoms with van der Waals surface area (Å²) in [5.41, 5.74) is 0.600. The second-order valence-corrected chi connectivity index (χ2v) is 4.97. The summed E-state index contributed by atoms with van der Waals surface area (Å²) in [6.45, 7) is 3.39. The average molecular weight is 292 g/mol. The fourth-order valence-electron chi connectivity index (χ4n) is 2.18. The summed E-state index contributed by atoms with van der Waals surface area (Å²) in [6, 6.07) is 0. The highest BCUT2D eigenvalue weighted by Gasteiger charge is 2.37. The molecule has 0 aliphatic carbocycles. The predicted octanol–water partition coefficient (Wildman–Crippen LogP) is 0.795. The molecule has 8 heteroatoms. The Labute approximate surface area is 121 Å². The molecule has 1 fully saturated rings. The number of amides is 1. The normalized spacial score (nSPS) is 15.2. The van der Waals surface area contributed by atoms with Gasteiger partial charge >= 0.3 is 0 Å². The molecular weight excluding hydrogens is 276 g/mol. The molecule has 0 radical (unpaired) electrons. The quantitative estimate of drug-likeness (QED) is 0.804. The van der Waals surface area contributed by atoms with Crippen molar-refractivity contribution < 1.29 is 18.5 Å². The van der Waals surface area contributed by atoms with E-state index in [0.29, 0.717) is 49.3 Å². The van der Waals surface area contributed by atoms with Crippen molar-refractivity contribution in [3.05, 3.63) is 29.6 Å². The minimum Gasteiger partial charge on any atom is -0.438 e. The van der Waals surface area contributed by atoms with E-state index in [1.165, 1.54) is 6.39 Å². The molecule has 8 nitrogen and oxygen atoms in total. The fraction of sp³-hybridized carbons (Fsp3) is 0.538. The Kier molecular flexibility index (Phi) is 3.70. The van der Waals surface area contributed by atoms with Crippen LogP contribution in [0.5, 0.6) is 0 Å². The van der Waals surface area contributed by atoms with Crippen LogP contribution in [0.25, 0.3) is 0 Å². The van der Waals surface area contributed by atoms with E-state index in [0.717, 1.165) is 0 Å². The third-order valence-electron chi connectivity index (χ3n) is 3.47. The van der Waals surface area contributed by atoms with Gasteiger partial charge in [0.05, 0.1) is 18.2 Å². The lowest BCUT2D eigenvalue weighted by molar-refractivity contribution is 0.0536. The highest BCUT2D eigenvalue weighted by Crippen LogP contribution is 2.27. The molecule has 0 bridgehead atoms. The summed E-state index contributed by atoms with van der Waals surface area (Å²) in [4.78, 5) is 22.1. The fourth-order valence-corrected chi connectivity index (χ4v) is 2.18. The van der Waals surface area contributed by atoms with Crippen molar-refractivity contribution in [3.63, 3.8) is 0 Å². The first kappa shape index (κ1) is 13.7. The third-order valence-corrected chi connectivity index (χ3v) is 3.47. The van der Waals surface area contributed by atoms with Crippen LogP contribution >= 0.6 is 0 Å². The van der Waals surface area contributed by atoms with Gasteiger partial charge in [0, 0.05) is 26.6 Å². The molecule has 1 amide bonds. The lowest BCUT2D eigenvalue weighted by Gasteiger charge is -2.36. The maximum absolute atomic E-state index is 12.1. The van der Waals surface area contributed by atoms with Crippen LogP contribution in [-0.4, -0.2) is 52.7 Å². The molecule has 2 aromatic heterocycles. The number of aromatic nitrogens is 3. The van der Waals surface area contributed by atoms with Crippen LogP contribution in [0.2, 0.25) is 0 Å². The Morgan fingerprint density at radius 2 is 2.33 bits per heavy atom. The average Bonchev–Trinajstić information content (AvgIpc) is 3.03. The van der Waals surface area contributed by atoms with Gasteiger partial charge in [-0.15, -0.1) is 0 Å². The van der Waals surface area contributed by atoms with Crippen LogP contribution in [0.1, 0.15) is 33.9 Å². The van der Waals surface area contributed by atoms with Crippen LogP contribution in [0.4, 0.5) is 0 Å². The third kappa shape index (κ3) is 2.66. The first-order valence-corrected chi connectivity index (χ1v) is 6.69. The molecule has 1 saturated heterocycles. The van der Waals surface area contributed by atoms with Crippen LogP contribution in [-0.2, 0) is 11.2 Å². The van der Waals surface area contributed by atoms with Crippen LogP contribution in [0, 0.1) is 6.92 Å². The van der Waals surface area contributed by atoms with Gasteiger partial charge in [0.25, 0.3) is 5.91 Å². The number of carbonyl (C=O) groups excluding carboxylic acids is 1. The Bertz CT molecular complexity index is 630. The molecular formula is C13H16N4O4. The number of hydrogen-bond acceptors (Lipinski definition) is 7. The van der Waals surface area contributed by atoms with E-state index in [1.54, 1.807) is 18.9 Å². The molecule has 1 aliphatic rings. The Morgan fingerprint density at radius 1 is 1.52 bits per heavy atom. The van der Waals surface area contributed by atoms with Gasteiger partial charge in [-0.2, -0.15) is 4.98 Å². The molecule has 112 valence electrons. The van der Waals surface area contributed by atoms with Crippen molar-refractivity contribution in [2.45, 2.75) is 19.3 Å². The predicted molar refractivity (Wildman–Crippen MR) is 69.8 cm³/mol. The number of likely N-dealkylation sites (tertiary alicyclic amines) is 1. The molecule has 0 aromatic carbocycles. The summed E-state index contributed by atoms with van der Waals surface area (Å²) in [6.07, 6.45) is 1.90. The van der Waals surface area contributed by atoms with Crippen molar-refractivity contribution >= 4 is 5.91 Å². The summed E-state index contributed by atoms with van der Waals surface area (Å²) in [5, 5.41) is 3.89. The number of aryl methyl sites for hydroxylation is 1. The van der Waals surface area contributed by atoms with E-state index in [2.05, 4.69) is 15.1 Å². The highest BCUT2D eigenvalue weighted by molar-refractivity contribution is 5.93. The minimum atomic E-state index is -0.152. The zero-order valence-corrected chi connectivity index (χ0v) is 11.9. The molecule has 1 aliphatic heterocycles. The molecule has 21 heavy (non-hydrogen) atoms. The Hall–Kier alpha value is -2.22. The zero-order valence-electron chi connectivity index (χ0n) is 11.9. The van der Waals surface area contributed by atoms with Gasteiger partial charge in [0.2, 0.25) is 11.7 Å². The molecule has 0 unspecified atom stereocenters. The maximum atomic E-state index is 12.1. The summed E-state index contributed by atoms with van der Waals surface area (Å²) >= 11 is 0. The van der Waals surface area contributed by atoms with E-state index >= 15 is 0 Å². The summed E-state index contributed by atoms with van der Waals surface area (Å²) in [5.74, 6) is 1.42. The molecule has 3 heterocycles. The van der Waals surface area contributed by atoms with Crippen LogP contribution in [0.15, 0.2) is 15.3 Å². The number of nitrogens with zero attached hydrogens (tertiary/aromatic N) is 4. The van der Waals surface area contributed by atoms with E-state index in [9.17, 15) is 4.79 Å². The summed E-state index contributed by atoms with van der Waals surface area (Å²) in [7, 11) is 1.63. The van der Waals surface area contributed by atoms with Gasteiger partial charge in [-0.1, -0.05) is 5.16 Å². The van der Waals surface area contributed by atoms with Crippen LogP contribution in [0.3, 0.4) is 0 Å². The number of oxazole rings is 1. The highest BCUT2D eigenvalue weighted by atomic mass is 16.5. The van der Waals surface area contributed by atoms with E-state index in [1.807, 2.05) is 0 Å². The molecule has 3 rings (SSSR count). The smallest absolute Gasteiger partial charge is 0.291 e. The number of rotatable bonds is 5. The van der Waals surface area contributed by atoms with Crippen molar-refractivity contribution in [2.75, 3.05) is 26.8 Å². The van der Waals surface area contributed by atoms with E-state index in [4.69, 9.17) is 13.7 Å². The van der Waals surface area contributed by atoms with Crippen molar-refractivity contribution in [3.8, 4) is 0 Å². The lowest BCUT2D eigenvalue weighted by Crippen LogP contribution is -2.48. The van der Waals surface area contributed by atoms with Crippen LogP contribution < -0.4 is 0 Å². The van der Waals surface area contributed by atoms with Gasteiger partial charge < -0.3 is 18.6 Å². The monoisotopic (exact) mass is 292 g/mol. The first-order valence-electron chi connectivity index (χ1n) is 6.69. The van der Waals surface area contributed by atoms with E-state index in [-0.39, 0.29) is 11.8 Å². The second kappa shape index (κ2) is 5.65. The number of carbonyl (C=O) groups is 1. The molecule has 0 atom stereocenters. The minimum absolute atomic E-state index is 0.0842. The Balaban J connectivity index is 1.57. The lowest BCUT2D eigenvalue weighted by atomic mass is 9.99. The number of ether oxygens (including phenoxy) is 1. The molecule has 2 aromatic rings. The SMILES string of the molecule is COCCc1noc(C2CN(C(=O)c3ocnc3C)C2)n1. The van der Waals surface area contributed by atoms with E-state index < -0.39 is 0 Å². The van der Waals surface area contributed by atoms with Gasteiger partial charge in [-0.25, -0.2) is 4.98 Å². The molecule has 0 saturated carbocycles. The first-order chi connectivity index (χ1) is 10.2. The standard InChI is InChI=1S/C13H16N4O4/c1-8-11(20-7-14-8)13(18)17-5-9(6-17)12-15-10(16-21-12)3-4-19-2/h7,9H,3-6H2,1-2H3. The van der Waals surface area contributed by atoms with Crippen molar-refractivity contribution in [1.82, 2.24) is 20.0 Å². The second-order valence-electron chi connectivity index (χ2n) is 4.97. The topological polar surface area (TPSA) is 94.5 Å².